The van der Waals surface area contributed by atoms with Gasteiger partial charge in [0.2, 0.25) is 5.91 Å². The molecule has 2 aromatic heterocycles. The fourth-order valence-electron chi connectivity index (χ4n) is 3.59. The molecule has 0 fully saturated rings. The van der Waals surface area contributed by atoms with Crippen LogP contribution in [0.3, 0.4) is 0 Å². The molecule has 4 rings (SSSR count). The molecule has 34 heavy (non-hydrogen) atoms. The van der Waals surface area contributed by atoms with Crippen LogP contribution in [0.4, 0.5) is 11.4 Å². The number of hydrogen-bond donors (Lipinski definition) is 4. The average Bonchev–Trinajstić information content (AvgIpc) is 3.46. The second kappa shape index (κ2) is 9.87. The quantitative estimate of drug-likeness (QED) is 0.290. The molecular weight excluding hydrogens is 436 g/mol. The molecular formula is C24H22N6O4. The van der Waals surface area contributed by atoms with Crippen molar-refractivity contribution >= 4 is 34.1 Å². The van der Waals surface area contributed by atoms with E-state index in [9.17, 15) is 19.6 Å². The average molecular weight is 458 g/mol. The first-order valence-electron chi connectivity index (χ1n) is 10.8. The van der Waals surface area contributed by atoms with Gasteiger partial charge in [0.15, 0.2) is 5.82 Å². The number of para-hydroxylation sites is 1. The summed E-state index contributed by atoms with van der Waals surface area (Å²) in [6.07, 6.45) is 3.28. The van der Waals surface area contributed by atoms with Gasteiger partial charge < -0.3 is 15.6 Å². The minimum Gasteiger partial charge on any atom is -0.349 e. The molecule has 0 aliphatic carbocycles. The Kier molecular flexibility index (Phi) is 6.54. The van der Waals surface area contributed by atoms with Crippen molar-refractivity contribution in [1.82, 2.24) is 15.1 Å². The number of amides is 2. The van der Waals surface area contributed by atoms with E-state index >= 15 is 0 Å². The lowest BCUT2D eigenvalue weighted by molar-refractivity contribution is -0.116. The van der Waals surface area contributed by atoms with Gasteiger partial charge >= 0.3 is 5.76 Å². The summed E-state index contributed by atoms with van der Waals surface area (Å²) >= 11 is 0. The summed E-state index contributed by atoms with van der Waals surface area (Å²) < 4.78 is 4.56. The molecule has 2 heterocycles. The van der Waals surface area contributed by atoms with Gasteiger partial charge in [0.05, 0.1) is 28.5 Å². The number of aromatic amines is 2. The molecule has 0 aliphatic rings. The van der Waals surface area contributed by atoms with Crippen molar-refractivity contribution in [2.75, 3.05) is 10.6 Å². The van der Waals surface area contributed by atoms with Gasteiger partial charge in [-0.3, -0.25) is 19.1 Å². The van der Waals surface area contributed by atoms with Crippen LogP contribution in [-0.4, -0.2) is 26.9 Å². The van der Waals surface area contributed by atoms with Crippen LogP contribution in [0.25, 0.3) is 22.3 Å². The lowest BCUT2D eigenvalue weighted by Gasteiger charge is -2.09. The van der Waals surface area contributed by atoms with Gasteiger partial charge in [-0.15, -0.1) is 0 Å². The minimum absolute atomic E-state index is 0.0784. The Morgan fingerprint density at radius 2 is 1.94 bits per heavy atom. The Hall–Kier alpha value is -4.65. The highest BCUT2D eigenvalue weighted by atomic mass is 16.5. The molecule has 0 spiro atoms. The van der Waals surface area contributed by atoms with Gasteiger partial charge in [0.1, 0.15) is 5.69 Å². The molecule has 0 unspecified atom stereocenters. The lowest BCUT2D eigenvalue weighted by Crippen LogP contribution is -2.13. The summed E-state index contributed by atoms with van der Waals surface area (Å²) in [7, 11) is 0. The molecule has 0 atom stereocenters. The van der Waals surface area contributed by atoms with Crippen molar-refractivity contribution in [3.8, 4) is 17.5 Å². The van der Waals surface area contributed by atoms with Crippen molar-refractivity contribution in [1.29, 1.82) is 5.26 Å². The number of nitriles is 1. The standard InChI is InChI=1S/C24H22N6O4/c1-2-3-4-8-20(31)26-18-7-5-6-15-12-19(27-21(15)18)23(32)28-17-10-9-14(13-25)11-16(17)22-29-24(33)34-30-22/h5-7,9-12,27H,2-4,8H2,1H3,(H,26,31)(H,28,32)(H,29,30,33). The molecule has 4 aromatic rings. The fraction of sp³-hybridized carbons (Fsp3) is 0.208. The maximum Gasteiger partial charge on any atom is 0.439 e. The van der Waals surface area contributed by atoms with Crippen LogP contribution < -0.4 is 16.4 Å². The molecule has 2 aromatic carbocycles. The largest absolute Gasteiger partial charge is 0.439 e. The Labute approximate surface area is 194 Å². The van der Waals surface area contributed by atoms with Crippen LogP contribution in [0.1, 0.15) is 48.7 Å². The molecule has 0 aliphatic heterocycles. The van der Waals surface area contributed by atoms with E-state index in [1.165, 1.54) is 12.1 Å². The number of carbonyl (C=O) groups is 2. The predicted molar refractivity (Wildman–Crippen MR) is 126 cm³/mol. The normalized spacial score (nSPS) is 10.7. The number of anilines is 2. The van der Waals surface area contributed by atoms with Gasteiger partial charge in [-0.25, -0.2) is 4.79 Å². The first-order valence-corrected chi connectivity index (χ1v) is 10.8. The fourth-order valence-corrected chi connectivity index (χ4v) is 3.59. The van der Waals surface area contributed by atoms with Crippen molar-refractivity contribution in [3.05, 3.63) is 64.3 Å². The molecule has 4 N–H and O–H groups in total. The Balaban J connectivity index is 1.59. The second-order valence-corrected chi connectivity index (χ2v) is 7.73. The van der Waals surface area contributed by atoms with E-state index in [0.29, 0.717) is 34.4 Å². The number of H-pyrrole nitrogens is 2. The first kappa shape index (κ1) is 22.5. The highest BCUT2D eigenvalue weighted by Gasteiger charge is 2.17. The number of nitrogens with one attached hydrogen (secondary N) is 4. The number of fused-ring (bicyclic) bond motifs is 1. The maximum atomic E-state index is 13.0. The van der Waals surface area contributed by atoms with E-state index in [4.69, 9.17) is 0 Å². The Bertz CT molecular complexity index is 1460. The first-order chi connectivity index (χ1) is 16.5. The van der Waals surface area contributed by atoms with Gasteiger partial charge in [-0.2, -0.15) is 5.26 Å². The zero-order valence-corrected chi connectivity index (χ0v) is 18.4. The van der Waals surface area contributed by atoms with Gasteiger partial charge in [-0.1, -0.05) is 37.1 Å². The number of unbranched alkanes of at least 4 members (excludes halogenated alkanes) is 2. The smallest absolute Gasteiger partial charge is 0.349 e. The van der Waals surface area contributed by atoms with Crippen LogP contribution >= 0.6 is 0 Å². The van der Waals surface area contributed by atoms with Crippen molar-refractivity contribution in [2.24, 2.45) is 0 Å². The topological polar surface area (TPSA) is 157 Å². The Morgan fingerprint density at radius 1 is 1.09 bits per heavy atom. The van der Waals surface area contributed by atoms with Crippen molar-refractivity contribution < 1.29 is 14.1 Å². The van der Waals surface area contributed by atoms with E-state index < -0.39 is 11.7 Å². The molecule has 0 bridgehead atoms. The number of benzene rings is 2. The zero-order valence-electron chi connectivity index (χ0n) is 18.4. The zero-order chi connectivity index (χ0) is 24.1. The SMILES string of the molecule is CCCCCC(=O)Nc1cccc2cc(C(=O)Nc3ccc(C#N)cc3-c3noc(=O)[nH]3)[nH]c12. The third-order valence-electron chi connectivity index (χ3n) is 5.27. The van der Waals surface area contributed by atoms with Crippen LogP contribution in [0.5, 0.6) is 0 Å². The molecule has 0 saturated heterocycles. The molecule has 0 saturated carbocycles. The second-order valence-electron chi connectivity index (χ2n) is 7.73. The van der Waals surface area contributed by atoms with E-state index in [0.717, 1.165) is 24.6 Å². The van der Waals surface area contributed by atoms with Crippen LogP contribution in [-0.2, 0) is 4.79 Å². The van der Waals surface area contributed by atoms with E-state index in [-0.39, 0.29) is 17.4 Å². The highest BCUT2D eigenvalue weighted by molar-refractivity contribution is 6.09. The van der Waals surface area contributed by atoms with E-state index in [2.05, 4.69) is 37.2 Å². The summed E-state index contributed by atoms with van der Waals surface area (Å²) in [6, 6.07) is 13.7. The molecule has 10 nitrogen and oxygen atoms in total. The lowest BCUT2D eigenvalue weighted by atomic mass is 10.1. The van der Waals surface area contributed by atoms with Crippen molar-refractivity contribution in [2.45, 2.75) is 32.6 Å². The highest BCUT2D eigenvalue weighted by Crippen LogP contribution is 2.28. The number of rotatable bonds is 8. The monoisotopic (exact) mass is 458 g/mol. The van der Waals surface area contributed by atoms with E-state index in [1.54, 1.807) is 24.3 Å². The summed E-state index contributed by atoms with van der Waals surface area (Å²) in [5.74, 6) is -1.20. The number of nitrogens with zero attached hydrogens (tertiary/aromatic N) is 2. The predicted octanol–water partition coefficient (Wildman–Crippen LogP) is 4.15. The summed E-state index contributed by atoms with van der Waals surface area (Å²) in [4.78, 5) is 42.2. The number of hydrogen-bond acceptors (Lipinski definition) is 6. The number of carbonyl (C=O) groups excluding carboxylic acids is 2. The molecule has 10 heteroatoms. The Morgan fingerprint density at radius 3 is 2.68 bits per heavy atom. The minimum atomic E-state index is -0.755. The van der Waals surface area contributed by atoms with Crippen molar-refractivity contribution in [3.63, 3.8) is 0 Å². The van der Waals surface area contributed by atoms with Crippen LogP contribution in [0.15, 0.2) is 51.8 Å². The third kappa shape index (κ3) is 4.88. The van der Waals surface area contributed by atoms with Crippen LogP contribution in [0, 0.1) is 11.3 Å². The molecule has 0 radical (unpaired) electrons. The number of aromatic nitrogens is 3. The molecule has 2 amide bonds. The van der Waals surface area contributed by atoms with Gasteiger partial charge in [0.25, 0.3) is 5.91 Å². The van der Waals surface area contributed by atoms with E-state index in [1.807, 2.05) is 12.1 Å². The van der Waals surface area contributed by atoms with Crippen LogP contribution in [0.2, 0.25) is 0 Å². The maximum absolute atomic E-state index is 13.0. The summed E-state index contributed by atoms with van der Waals surface area (Å²) in [5.41, 5.74) is 2.48. The summed E-state index contributed by atoms with van der Waals surface area (Å²) in [6.45, 7) is 2.08. The van der Waals surface area contributed by atoms with Gasteiger partial charge in [-0.05, 0) is 36.8 Å². The molecule has 172 valence electrons. The third-order valence-corrected chi connectivity index (χ3v) is 5.27. The van der Waals surface area contributed by atoms with Gasteiger partial charge in [0, 0.05) is 17.4 Å². The summed E-state index contributed by atoms with van der Waals surface area (Å²) in [5, 5.41) is 19.3.